The van der Waals surface area contributed by atoms with E-state index in [-0.39, 0.29) is 0 Å². The van der Waals surface area contributed by atoms with Gasteiger partial charge in [-0.3, -0.25) is 0 Å². The molecule has 0 bridgehead atoms. The minimum atomic E-state index is 0.324. The van der Waals surface area contributed by atoms with Crippen LogP contribution in [0.4, 0.5) is 11.6 Å². The summed E-state index contributed by atoms with van der Waals surface area (Å²) in [4.78, 5) is 2.66. The first-order chi connectivity index (χ1) is 5.15. The molecule has 0 saturated heterocycles. The molecule has 0 aliphatic heterocycles. The van der Waals surface area contributed by atoms with Gasteiger partial charge in [-0.2, -0.15) is 5.26 Å². The van der Waals surface area contributed by atoms with Crippen LogP contribution >= 0.6 is 0 Å². The molecule has 1 rings (SSSR count). The first-order valence-corrected chi connectivity index (χ1v) is 3.13. The fraction of sp³-hybridized carbons (Fsp3) is 0.143. The largest absolute Gasteiger partial charge is 0.319 e. The number of rotatable bonds is 0. The fourth-order valence-electron chi connectivity index (χ4n) is 0.920. The maximum atomic E-state index is 8.60. The van der Waals surface area contributed by atoms with E-state index in [0.29, 0.717) is 17.2 Å². The predicted molar refractivity (Wildman–Crippen MR) is 41.3 cm³/mol. The smallest absolute Gasteiger partial charge is 0.235 e. The molecule has 1 heterocycles. The van der Waals surface area contributed by atoms with E-state index in [2.05, 4.69) is 4.98 Å². The average molecular weight is 149 g/mol. The van der Waals surface area contributed by atoms with E-state index in [1.54, 1.807) is 13.0 Å². The van der Waals surface area contributed by atoms with Crippen molar-refractivity contribution in [2.24, 2.45) is 0 Å². The zero-order valence-corrected chi connectivity index (χ0v) is 6.18. The lowest BCUT2D eigenvalue weighted by Crippen LogP contribution is -2.17. The average Bonchev–Trinajstić information content (AvgIpc) is 1.85. The Morgan fingerprint density at radius 2 is 2.18 bits per heavy atom. The number of nitrogens with one attached hydrogen (secondary N) is 1. The van der Waals surface area contributed by atoms with Gasteiger partial charge < -0.3 is 11.5 Å². The molecule has 0 aliphatic rings. The molecule has 0 amide bonds. The number of pyridine rings is 1. The highest BCUT2D eigenvalue weighted by atomic mass is 14.9. The summed E-state index contributed by atoms with van der Waals surface area (Å²) in [6.07, 6.45) is 0. The van der Waals surface area contributed by atoms with Crippen molar-refractivity contribution < 1.29 is 4.98 Å². The van der Waals surface area contributed by atoms with E-state index in [9.17, 15) is 0 Å². The molecule has 1 aromatic heterocycles. The predicted octanol–water partition coefficient (Wildman–Crippen LogP) is -0.155. The van der Waals surface area contributed by atoms with Crippen molar-refractivity contribution in [2.45, 2.75) is 6.92 Å². The van der Waals surface area contributed by atoms with Gasteiger partial charge in [-0.1, -0.05) is 0 Å². The molecule has 56 valence electrons. The molecule has 0 aromatic carbocycles. The van der Waals surface area contributed by atoms with Gasteiger partial charge >= 0.3 is 0 Å². The van der Waals surface area contributed by atoms with Crippen molar-refractivity contribution in [3.05, 3.63) is 17.2 Å². The van der Waals surface area contributed by atoms with Crippen molar-refractivity contribution in [1.29, 1.82) is 5.26 Å². The minimum Gasteiger partial charge on any atom is -0.319 e. The molecule has 0 radical (unpaired) electrons. The molecule has 5 N–H and O–H groups in total. The van der Waals surface area contributed by atoms with Crippen LogP contribution in [0.3, 0.4) is 0 Å². The zero-order chi connectivity index (χ0) is 8.43. The molecule has 0 spiro atoms. The third-order valence-electron chi connectivity index (χ3n) is 1.43. The van der Waals surface area contributed by atoms with Crippen LogP contribution in [0.15, 0.2) is 6.07 Å². The molecule has 4 heteroatoms. The summed E-state index contributed by atoms with van der Waals surface area (Å²) in [5, 5.41) is 8.60. The van der Waals surface area contributed by atoms with Gasteiger partial charge in [-0.05, 0) is 12.5 Å². The van der Waals surface area contributed by atoms with E-state index in [1.165, 1.54) is 0 Å². The number of anilines is 2. The summed E-state index contributed by atoms with van der Waals surface area (Å²) in [5.74, 6) is 0.795. The Balaban J connectivity index is 3.40. The summed E-state index contributed by atoms with van der Waals surface area (Å²) in [5.41, 5.74) is 12.2. The third kappa shape index (κ3) is 1.22. The number of nitrogens with zero attached hydrogens (tertiary/aromatic N) is 1. The summed E-state index contributed by atoms with van der Waals surface area (Å²) < 4.78 is 0. The lowest BCUT2D eigenvalue weighted by atomic mass is 10.1. The number of aromatic nitrogens is 1. The highest BCUT2D eigenvalue weighted by Crippen LogP contribution is 2.11. The molecular weight excluding hydrogens is 140 g/mol. The third-order valence-corrected chi connectivity index (χ3v) is 1.43. The van der Waals surface area contributed by atoms with Gasteiger partial charge in [0, 0.05) is 6.07 Å². The number of hydrogen-bond acceptors (Lipinski definition) is 3. The molecule has 11 heavy (non-hydrogen) atoms. The van der Waals surface area contributed by atoms with Crippen LogP contribution in [0.1, 0.15) is 11.1 Å². The normalized spacial score (nSPS) is 9.09. The summed E-state index contributed by atoms with van der Waals surface area (Å²) in [7, 11) is 0. The SMILES string of the molecule is Cc1cc(N)[nH+]c(N)c1C#N. The highest BCUT2D eigenvalue weighted by molar-refractivity contribution is 5.51. The Kier molecular flexibility index (Phi) is 1.65. The van der Waals surface area contributed by atoms with Crippen molar-refractivity contribution in [1.82, 2.24) is 0 Å². The lowest BCUT2D eigenvalue weighted by molar-refractivity contribution is -0.342. The summed E-state index contributed by atoms with van der Waals surface area (Å²) in [6, 6.07) is 3.65. The summed E-state index contributed by atoms with van der Waals surface area (Å²) in [6.45, 7) is 1.79. The molecule has 1 aromatic rings. The molecule has 0 fully saturated rings. The monoisotopic (exact) mass is 149 g/mol. The second-order valence-corrected chi connectivity index (χ2v) is 2.31. The van der Waals surface area contributed by atoms with Crippen molar-refractivity contribution in [2.75, 3.05) is 11.5 Å². The van der Waals surface area contributed by atoms with Gasteiger partial charge in [0.1, 0.15) is 11.6 Å². The van der Waals surface area contributed by atoms with Crippen molar-refractivity contribution in [3.63, 3.8) is 0 Å². The Hall–Kier alpha value is -1.76. The van der Waals surface area contributed by atoms with E-state index in [1.807, 2.05) is 6.07 Å². The standard InChI is InChI=1S/C7H8N4/c1-4-2-6(9)11-7(10)5(4)3-8/h2H,1H3,(H4,9,10,11)/p+1. The second kappa shape index (κ2) is 2.46. The molecule has 4 nitrogen and oxygen atoms in total. The van der Waals surface area contributed by atoms with Gasteiger partial charge in [0.05, 0.1) is 0 Å². The number of hydrogen-bond donors (Lipinski definition) is 2. The van der Waals surface area contributed by atoms with Crippen LogP contribution < -0.4 is 16.5 Å². The maximum Gasteiger partial charge on any atom is 0.235 e. The topological polar surface area (TPSA) is 90.0 Å². The van der Waals surface area contributed by atoms with Gasteiger partial charge in [0.15, 0.2) is 0 Å². The number of H-pyrrole nitrogens is 1. The molecule has 0 atom stereocenters. The number of nitriles is 1. The van der Waals surface area contributed by atoms with E-state index < -0.39 is 0 Å². The van der Waals surface area contributed by atoms with E-state index in [0.717, 1.165) is 5.56 Å². The van der Waals surface area contributed by atoms with Crippen molar-refractivity contribution >= 4 is 11.6 Å². The molecule has 0 saturated carbocycles. The molecular formula is C7H9N4+. The number of nitrogen functional groups attached to an aromatic ring is 2. The zero-order valence-electron chi connectivity index (χ0n) is 6.18. The quantitative estimate of drug-likeness (QED) is 0.537. The van der Waals surface area contributed by atoms with Gasteiger partial charge in [-0.25, -0.2) is 4.98 Å². The van der Waals surface area contributed by atoms with Crippen LogP contribution in [0.25, 0.3) is 0 Å². The highest BCUT2D eigenvalue weighted by Gasteiger charge is 2.07. The van der Waals surface area contributed by atoms with E-state index in [4.69, 9.17) is 16.7 Å². The van der Waals surface area contributed by atoms with Crippen LogP contribution in [-0.2, 0) is 0 Å². The summed E-state index contributed by atoms with van der Waals surface area (Å²) >= 11 is 0. The first-order valence-electron chi connectivity index (χ1n) is 3.13. The van der Waals surface area contributed by atoms with E-state index >= 15 is 0 Å². The van der Waals surface area contributed by atoms with Gasteiger partial charge in [0.25, 0.3) is 0 Å². The van der Waals surface area contributed by atoms with Crippen LogP contribution in [0, 0.1) is 18.3 Å². The Bertz CT molecular complexity index is 301. The fourth-order valence-corrected chi connectivity index (χ4v) is 0.920. The first kappa shape index (κ1) is 7.35. The maximum absolute atomic E-state index is 8.60. The molecule has 0 unspecified atom stereocenters. The second-order valence-electron chi connectivity index (χ2n) is 2.31. The Morgan fingerprint density at radius 3 is 2.64 bits per heavy atom. The number of nitrogens with two attached hydrogens (primary N) is 2. The van der Waals surface area contributed by atoms with Gasteiger partial charge in [-0.15, -0.1) is 0 Å². The van der Waals surface area contributed by atoms with Crippen LogP contribution in [0.2, 0.25) is 0 Å². The number of aromatic amines is 1. The van der Waals surface area contributed by atoms with Crippen LogP contribution in [0.5, 0.6) is 0 Å². The molecule has 0 aliphatic carbocycles. The van der Waals surface area contributed by atoms with Gasteiger partial charge in [0.2, 0.25) is 11.6 Å². The number of aryl methyl sites for hydroxylation is 1. The minimum absolute atomic E-state index is 0.324. The Labute approximate surface area is 64.5 Å². The Morgan fingerprint density at radius 1 is 1.55 bits per heavy atom. The van der Waals surface area contributed by atoms with Crippen LogP contribution in [-0.4, -0.2) is 0 Å². The lowest BCUT2D eigenvalue weighted by Gasteiger charge is -1.97. The van der Waals surface area contributed by atoms with Crippen molar-refractivity contribution in [3.8, 4) is 6.07 Å².